The number of aldehydes is 1. The van der Waals surface area contributed by atoms with E-state index in [1.807, 2.05) is 33.4 Å². The number of likely N-dealkylation sites (N-methyl/N-ethyl adjacent to an activating group) is 2. The van der Waals surface area contributed by atoms with Crippen molar-refractivity contribution in [3.63, 3.8) is 0 Å². The summed E-state index contributed by atoms with van der Waals surface area (Å²) in [7, 11) is 5.87. The van der Waals surface area contributed by atoms with Crippen molar-refractivity contribution in [3.05, 3.63) is 95.8 Å². The zero-order valence-corrected chi connectivity index (χ0v) is 24.8. The molecule has 1 heterocycles. The monoisotopic (exact) mass is 532 g/mol. The molecule has 212 valence electrons. The Morgan fingerprint density at radius 2 is 1.77 bits per heavy atom. The molecule has 3 rings (SSSR count). The Morgan fingerprint density at radius 1 is 1.10 bits per heavy atom. The van der Waals surface area contributed by atoms with Gasteiger partial charge in [0.25, 0.3) is 0 Å². The van der Waals surface area contributed by atoms with Gasteiger partial charge in [0.2, 0.25) is 0 Å². The molecular formula is C32H48N6O. The fourth-order valence-corrected chi connectivity index (χ4v) is 4.42. The summed E-state index contributed by atoms with van der Waals surface area (Å²) in [6.45, 7) is 19.3. The normalized spacial score (nSPS) is 12.8. The van der Waals surface area contributed by atoms with Crippen LogP contribution in [0, 0.1) is 6.92 Å². The van der Waals surface area contributed by atoms with Gasteiger partial charge in [-0.05, 0) is 47.9 Å². The molecule has 0 aliphatic carbocycles. The Labute approximate surface area is 236 Å². The fraction of sp³-hybridized carbons (Fsp3) is 0.406. The first-order chi connectivity index (χ1) is 18.7. The largest absolute Gasteiger partial charge is 0.393 e. The molecule has 2 aromatic carbocycles. The highest BCUT2D eigenvalue weighted by Gasteiger charge is 2.23. The van der Waals surface area contributed by atoms with E-state index in [9.17, 15) is 4.79 Å². The molecule has 0 radical (unpaired) electrons. The van der Waals surface area contributed by atoms with E-state index in [4.69, 9.17) is 0 Å². The van der Waals surface area contributed by atoms with Gasteiger partial charge in [0, 0.05) is 63.9 Å². The minimum absolute atomic E-state index is 0.302. The molecule has 39 heavy (non-hydrogen) atoms. The molecule has 7 nitrogen and oxygen atoms in total. The lowest BCUT2D eigenvalue weighted by atomic mass is 10.0. The number of carbonyl (C=O) groups excluding carboxylic acids is 1. The summed E-state index contributed by atoms with van der Waals surface area (Å²) in [5.41, 5.74) is 7.83. The molecular weight excluding hydrogens is 484 g/mol. The van der Waals surface area contributed by atoms with Crippen LogP contribution in [0.25, 0.3) is 5.57 Å². The van der Waals surface area contributed by atoms with E-state index < -0.39 is 0 Å². The highest BCUT2D eigenvalue weighted by Crippen LogP contribution is 2.28. The van der Waals surface area contributed by atoms with Gasteiger partial charge in [0.05, 0.1) is 13.1 Å². The van der Waals surface area contributed by atoms with E-state index in [0.29, 0.717) is 19.1 Å². The van der Waals surface area contributed by atoms with Gasteiger partial charge in [-0.25, -0.2) is 5.01 Å². The highest BCUT2D eigenvalue weighted by atomic mass is 16.1. The Hall–Kier alpha value is -3.39. The van der Waals surface area contributed by atoms with Crippen LogP contribution in [0.3, 0.4) is 0 Å². The van der Waals surface area contributed by atoms with Crippen LogP contribution in [0.2, 0.25) is 0 Å². The van der Waals surface area contributed by atoms with Crippen molar-refractivity contribution in [2.24, 2.45) is 0 Å². The van der Waals surface area contributed by atoms with Crippen molar-refractivity contribution in [2.45, 2.75) is 39.9 Å². The van der Waals surface area contributed by atoms with Crippen molar-refractivity contribution < 1.29 is 4.79 Å². The lowest BCUT2D eigenvalue weighted by Crippen LogP contribution is -2.40. The maximum atomic E-state index is 11.5. The zero-order chi connectivity index (χ0) is 28.8. The number of hydrazine groups is 1. The number of benzene rings is 2. The number of nitrogens with zero attached hydrogens (tertiary/aromatic N) is 3. The molecule has 0 saturated heterocycles. The van der Waals surface area contributed by atoms with Crippen molar-refractivity contribution >= 4 is 17.5 Å². The number of anilines is 1. The summed E-state index contributed by atoms with van der Waals surface area (Å²) in [5.74, 6) is 0. The van der Waals surface area contributed by atoms with Crippen molar-refractivity contribution in [1.82, 2.24) is 26.0 Å². The maximum Gasteiger partial charge on any atom is 0.139 e. The number of rotatable bonds is 14. The Morgan fingerprint density at radius 3 is 2.31 bits per heavy atom. The Kier molecular flexibility index (Phi) is 13.5. The van der Waals surface area contributed by atoms with Crippen LogP contribution < -0.4 is 20.9 Å². The van der Waals surface area contributed by atoms with Gasteiger partial charge in [-0.15, -0.1) is 0 Å². The quantitative estimate of drug-likeness (QED) is 0.190. The Balaban J connectivity index is 0.000000580. The van der Waals surface area contributed by atoms with Gasteiger partial charge in [-0.2, -0.15) is 0 Å². The fourth-order valence-electron chi connectivity index (χ4n) is 4.42. The van der Waals surface area contributed by atoms with E-state index in [-0.39, 0.29) is 0 Å². The average Bonchev–Trinajstić information content (AvgIpc) is 3.36. The van der Waals surface area contributed by atoms with Gasteiger partial charge in [0.1, 0.15) is 6.29 Å². The van der Waals surface area contributed by atoms with Gasteiger partial charge in [-0.1, -0.05) is 69.5 Å². The third kappa shape index (κ3) is 9.70. The molecule has 0 atom stereocenters. The molecule has 2 aromatic rings. The summed E-state index contributed by atoms with van der Waals surface area (Å²) >= 11 is 0. The minimum atomic E-state index is 0.302. The number of aryl methyl sites for hydroxylation is 1. The number of hydrogen-bond acceptors (Lipinski definition) is 7. The summed E-state index contributed by atoms with van der Waals surface area (Å²) in [6, 6.07) is 15.4. The Bertz CT molecular complexity index is 1080. The van der Waals surface area contributed by atoms with Gasteiger partial charge in [-0.3, -0.25) is 0 Å². The van der Waals surface area contributed by atoms with Crippen molar-refractivity contribution in [2.75, 3.05) is 52.2 Å². The zero-order valence-electron chi connectivity index (χ0n) is 24.8. The molecule has 0 spiro atoms. The second-order valence-electron chi connectivity index (χ2n) is 10.0. The number of fused-ring (bicyclic) bond motifs is 1. The summed E-state index contributed by atoms with van der Waals surface area (Å²) in [5, 5.41) is 13.8. The number of nitrogens with one attached hydrogen (secondary N) is 3. The van der Waals surface area contributed by atoms with Crippen LogP contribution in [-0.4, -0.2) is 69.7 Å². The first-order valence-electron chi connectivity index (χ1n) is 13.7. The van der Waals surface area contributed by atoms with Crippen LogP contribution in [0.15, 0.2) is 73.6 Å². The topological polar surface area (TPSA) is 62.9 Å². The van der Waals surface area contributed by atoms with E-state index in [2.05, 4.69) is 107 Å². The third-order valence-electron chi connectivity index (χ3n) is 6.70. The molecule has 7 heteroatoms. The van der Waals surface area contributed by atoms with Gasteiger partial charge >= 0.3 is 0 Å². The van der Waals surface area contributed by atoms with E-state index in [1.165, 1.54) is 11.1 Å². The molecule has 0 aromatic heterocycles. The van der Waals surface area contributed by atoms with Crippen LogP contribution in [0.5, 0.6) is 0 Å². The highest BCUT2D eigenvalue weighted by molar-refractivity contribution is 5.77. The predicted octanol–water partition coefficient (Wildman–Crippen LogP) is 4.33. The summed E-state index contributed by atoms with van der Waals surface area (Å²) in [4.78, 5) is 13.6. The predicted molar refractivity (Wildman–Crippen MR) is 166 cm³/mol. The van der Waals surface area contributed by atoms with E-state index in [0.717, 1.165) is 60.5 Å². The molecule has 0 amide bonds. The van der Waals surface area contributed by atoms with E-state index >= 15 is 0 Å². The molecule has 3 N–H and O–H groups in total. The number of hydrogen-bond donors (Lipinski definition) is 3. The first-order valence-corrected chi connectivity index (χ1v) is 13.7. The van der Waals surface area contributed by atoms with Crippen molar-refractivity contribution in [3.8, 4) is 0 Å². The SMILES string of the molecule is C=C/C(=C\NC)c1ccc(C)c(N(CC=O)CC(=C)N(C)N2Cc3ccccc3C2)c1.CNCCNC(C)C. The number of allylic oxidation sites excluding steroid dienone is 2. The molecule has 0 bridgehead atoms. The van der Waals surface area contributed by atoms with Gasteiger partial charge < -0.3 is 30.7 Å². The lowest BCUT2D eigenvalue weighted by Gasteiger charge is -2.35. The summed E-state index contributed by atoms with van der Waals surface area (Å²) in [6.07, 6.45) is 4.69. The summed E-state index contributed by atoms with van der Waals surface area (Å²) < 4.78 is 0. The third-order valence-corrected chi connectivity index (χ3v) is 6.70. The molecule has 0 fully saturated rings. The maximum absolute atomic E-state index is 11.5. The molecule has 0 saturated carbocycles. The molecule has 1 aliphatic heterocycles. The van der Waals surface area contributed by atoms with Crippen LogP contribution in [0.4, 0.5) is 5.69 Å². The standard InChI is InChI=1S/C26H32N4O.C6H16N2/c1-6-22(16-27-4)23-12-11-20(2)26(15-23)29(13-14-31)17-21(3)28(5)30-18-24-9-7-8-10-25(24)19-30;1-6(2)8-5-4-7-3/h6-12,14-16,27H,1,3,13,17-19H2,2,4-5H3;6-8H,4-5H2,1-3H3/b22-16+;. The van der Waals surface area contributed by atoms with Gasteiger partial charge in [0.15, 0.2) is 0 Å². The number of carbonyl (C=O) groups is 1. The lowest BCUT2D eigenvalue weighted by molar-refractivity contribution is -0.106. The van der Waals surface area contributed by atoms with Crippen LogP contribution >= 0.6 is 0 Å². The van der Waals surface area contributed by atoms with Crippen LogP contribution in [-0.2, 0) is 17.9 Å². The molecule has 0 unspecified atom stereocenters. The average molecular weight is 533 g/mol. The first kappa shape index (κ1) is 31.8. The smallest absolute Gasteiger partial charge is 0.139 e. The van der Waals surface area contributed by atoms with E-state index in [1.54, 1.807) is 0 Å². The second-order valence-corrected chi connectivity index (χ2v) is 10.0. The second kappa shape index (κ2) is 16.5. The minimum Gasteiger partial charge on any atom is -0.393 e. The van der Waals surface area contributed by atoms with Crippen molar-refractivity contribution in [1.29, 1.82) is 0 Å². The molecule has 1 aliphatic rings. The van der Waals surface area contributed by atoms with Crippen LogP contribution in [0.1, 0.15) is 36.1 Å².